The number of para-hydroxylation sites is 1. The topological polar surface area (TPSA) is 60.4 Å². The van der Waals surface area contributed by atoms with Crippen molar-refractivity contribution in [1.29, 1.82) is 0 Å². The van der Waals surface area contributed by atoms with Crippen LogP contribution in [-0.2, 0) is 4.79 Å². The fraction of sp³-hybridized carbons (Fsp3) is 0.333. The number of aliphatic imine (C=N–C) groups is 1. The van der Waals surface area contributed by atoms with Gasteiger partial charge in [-0.1, -0.05) is 30.0 Å². The number of rotatable bonds is 6. The highest BCUT2D eigenvalue weighted by Crippen LogP contribution is 2.33. The third-order valence-electron chi connectivity index (χ3n) is 4.34. The van der Waals surface area contributed by atoms with Crippen molar-refractivity contribution >= 4 is 28.5 Å². The molecule has 0 N–H and O–H groups in total. The van der Waals surface area contributed by atoms with Crippen molar-refractivity contribution in [2.75, 3.05) is 33.1 Å². The van der Waals surface area contributed by atoms with Crippen LogP contribution in [0, 0.1) is 6.92 Å². The molecule has 148 valence electrons. The Morgan fingerprint density at radius 1 is 1.14 bits per heavy atom. The molecule has 6 nitrogen and oxygen atoms in total. The van der Waals surface area contributed by atoms with Gasteiger partial charge in [0, 0.05) is 18.4 Å². The van der Waals surface area contributed by atoms with Crippen LogP contribution in [0.5, 0.6) is 17.2 Å². The molecule has 1 saturated heterocycles. The molecule has 0 spiro atoms. The summed E-state index contributed by atoms with van der Waals surface area (Å²) in [5.41, 5.74) is 1.63. The predicted molar refractivity (Wildman–Crippen MR) is 112 cm³/mol. The lowest BCUT2D eigenvalue weighted by Crippen LogP contribution is -2.41. The largest absolute Gasteiger partial charge is 0.497 e. The summed E-state index contributed by atoms with van der Waals surface area (Å²) in [7, 11) is 3.20. The number of amides is 1. The Kier molecular flexibility index (Phi) is 6.81. The van der Waals surface area contributed by atoms with Crippen molar-refractivity contribution in [2.24, 2.45) is 4.99 Å². The highest BCUT2D eigenvalue weighted by Gasteiger charge is 2.24. The van der Waals surface area contributed by atoms with E-state index in [4.69, 9.17) is 19.2 Å². The van der Waals surface area contributed by atoms with Crippen molar-refractivity contribution in [3.63, 3.8) is 0 Å². The molecule has 1 aliphatic heterocycles. The van der Waals surface area contributed by atoms with Crippen molar-refractivity contribution < 1.29 is 19.0 Å². The van der Waals surface area contributed by atoms with Gasteiger partial charge < -0.3 is 14.2 Å². The van der Waals surface area contributed by atoms with Gasteiger partial charge in [-0.15, -0.1) is 0 Å². The summed E-state index contributed by atoms with van der Waals surface area (Å²) < 4.78 is 16.4. The minimum absolute atomic E-state index is 0.0281. The normalized spacial score (nSPS) is 15.4. The smallest absolute Gasteiger partial charge is 0.266 e. The van der Waals surface area contributed by atoms with Gasteiger partial charge in [-0.3, -0.25) is 9.69 Å². The van der Waals surface area contributed by atoms with Crippen LogP contribution >= 0.6 is 11.8 Å². The fourth-order valence-electron chi connectivity index (χ4n) is 2.81. The van der Waals surface area contributed by atoms with Gasteiger partial charge in [0.25, 0.3) is 5.91 Å². The molecule has 0 radical (unpaired) electrons. The van der Waals surface area contributed by atoms with Crippen molar-refractivity contribution in [1.82, 2.24) is 4.90 Å². The first kappa shape index (κ1) is 20.1. The number of hydrogen-bond donors (Lipinski definition) is 0. The Morgan fingerprint density at radius 3 is 2.71 bits per heavy atom. The molecule has 0 aromatic heterocycles. The van der Waals surface area contributed by atoms with E-state index in [0.29, 0.717) is 34.6 Å². The molecule has 28 heavy (non-hydrogen) atoms. The minimum Gasteiger partial charge on any atom is -0.497 e. The molecule has 0 aliphatic carbocycles. The Morgan fingerprint density at radius 2 is 1.96 bits per heavy atom. The Hall–Kier alpha value is -2.67. The van der Waals surface area contributed by atoms with Crippen LogP contribution in [-0.4, -0.2) is 49.1 Å². The third-order valence-corrected chi connectivity index (χ3v) is 5.40. The number of thioether (sulfide) groups is 1. The molecule has 0 saturated carbocycles. The highest BCUT2D eigenvalue weighted by molar-refractivity contribution is 8.13. The van der Waals surface area contributed by atoms with Crippen molar-refractivity contribution in [3.05, 3.63) is 48.0 Å². The summed E-state index contributed by atoms with van der Waals surface area (Å²) in [6.07, 6.45) is 0.912. The first-order valence-corrected chi connectivity index (χ1v) is 10.0. The summed E-state index contributed by atoms with van der Waals surface area (Å²) in [6.45, 7) is 2.55. The monoisotopic (exact) mass is 400 g/mol. The number of amidine groups is 1. The fourth-order valence-corrected chi connectivity index (χ4v) is 3.77. The van der Waals surface area contributed by atoms with E-state index >= 15 is 0 Å². The lowest BCUT2D eigenvalue weighted by molar-refractivity contribution is -0.129. The van der Waals surface area contributed by atoms with E-state index in [1.165, 1.54) is 0 Å². The average Bonchev–Trinajstić information content (AvgIpc) is 2.73. The summed E-state index contributed by atoms with van der Waals surface area (Å²) >= 11 is 1.56. The highest BCUT2D eigenvalue weighted by atomic mass is 32.2. The second-order valence-corrected chi connectivity index (χ2v) is 7.30. The number of hydrogen-bond acceptors (Lipinski definition) is 6. The van der Waals surface area contributed by atoms with E-state index in [2.05, 4.69) is 0 Å². The van der Waals surface area contributed by atoms with E-state index in [-0.39, 0.29) is 12.5 Å². The quantitative estimate of drug-likeness (QED) is 0.732. The molecule has 2 aromatic carbocycles. The van der Waals surface area contributed by atoms with Crippen LogP contribution in [0.15, 0.2) is 47.5 Å². The lowest BCUT2D eigenvalue weighted by Gasteiger charge is -2.28. The third kappa shape index (κ3) is 4.78. The van der Waals surface area contributed by atoms with E-state index in [9.17, 15) is 4.79 Å². The average molecular weight is 401 g/mol. The van der Waals surface area contributed by atoms with Gasteiger partial charge in [0.05, 0.1) is 14.2 Å². The number of aryl methyl sites for hydroxylation is 1. The lowest BCUT2D eigenvalue weighted by atomic mass is 10.2. The maximum absolute atomic E-state index is 12.8. The molecule has 0 bridgehead atoms. The second-order valence-electron chi connectivity index (χ2n) is 6.23. The molecule has 2 aromatic rings. The first-order chi connectivity index (χ1) is 13.6. The predicted octanol–water partition coefficient (Wildman–Crippen LogP) is 4.04. The Balaban J connectivity index is 1.79. The molecule has 3 rings (SSSR count). The van der Waals surface area contributed by atoms with Crippen LogP contribution < -0.4 is 14.2 Å². The van der Waals surface area contributed by atoms with Gasteiger partial charge in [-0.25, -0.2) is 4.99 Å². The molecule has 0 atom stereocenters. The molecular formula is C21H24N2O4S. The second kappa shape index (κ2) is 9.50. The molecule has 1 heterocycles. The maximum Gasteiger partial charge on any atom is 0.266 e. The summed E-state index contributed by atoms with van der Waals surface area (Å²) in [5.74, 6) is 2.82. The SMILES string of the molecule is COc1ccc(OC)c(N=C2SCCCN2C(=O)COc2ccccc2C)c1. The molecule has 0 unspecified atom stereocenters. The van der Waals surface area contributed by atoms with Crippen LogP contribution in [0.3, 0.4) is 0 Å². The van der Waals surface area contributed by atoms with Gasteiger partial charge in [0.1, 0.15) is 22.9 Å². The summed E-state index contributed by atoms with van der Waals surface area (Å²) in [6, 6.07) is 13.1. The number of benzene rings is 2. The van der Waals surface area contributed by atoms with Gasteiger partial charge >= 0.3 is 0 Å². The molecule has 1 aliphatic rings. The zero-order valence-corrected chi connectivity index (χ0v) is 17.1. The zero-order valence-electron chi connectivity index (χ0n) is 16.3. The van der Waals surface area contributed by atoms with Crippen LogP contribution in [0.1, 0.15) is 12.0 Å². The van der Waals surface area contributed by atoms with Gasteiger partial charge in [0.2, 0.25) is 0 Å². The zero-order chi connectivity index (χ0) is 19.9. The number of ether oxygens (including phenoxy) is 3. The molecule has 7 heteroatoms. The van der Waals surface area contributed by atoms with Gasteiger partial charge in [-0.2, -0.15) is 0 Å². The number of methoxy groups -OCH3 is 2. The number of nitrogens with zero attached hydrogens (tertiary/aromatic N) is 2. The van der Waals surface area contributed by atoms with Crippen LogP contribution in [0.2, 0.25) is 0 Å². The van der Waals surface area contributed by atoms with Gasteiger partial charge in [-0.05, 0) is 37.1 Å². The first-order valence-electron chi connectivity index (χ1n) is 9.04. The number of carbonyl (C=O) groups is 1. The number of carbonyl (C=O) groups excluding carboxylic acids is 1. The molecule has 1 amide bonds. The molecular weight excluding hydrogens is 376 g/mol. The van der Waals surface area contributed by atoms with E-state index in [1.54, 1.807) is 43.0 Å². The summed E-state index contributed by atoms with van der Waals surface area (Å²) in [4.78, 5) is 19.2. The molecule has 1 fully saturated rings. The maximum atomic E-state index is 12.8. The summed E-state index contributed by atoms with van der Waals surface area (Å²) in [5, 5.41) is 0.649. The van der Waals surface area contributed by atoms with Gasteiger partial charge in [0.15, 0.2) is 11.8 Å². The Labute approximate surface area is 169 Å². The minimum atomic E-state index is -0.115. The van der Waals surface area contributed by atoms with E-state index < -0.39 is 0 Å². The van der Waals surface area contributed by atoms with Crippen molar-refractivity contribution in [3.8, 4) is 17.2 Å². The van der Waals surface area contributed by atoms with Crippen LogP contribution in [0.25, 0.3) is 0 Å². The van der Waals surface area contributed by atoms with E-state index in [0.717, 1.165) is 17.7 Å². The van der Waals surface area contributed by atoms with Crippen LogP contribution in [0.4, 0.5) is 5.69 Å². The van der Waals surface area contributed by atoms with Crippen molar-refractivity contribution in [2.45, 2.75) is 13.3 Å². The Bertz CT molecular complexity index is 869. The standard InChI is InChI=1S/C21H24N2O4S/c1-15-7-4-5-8-18(15)27-14-20(24)23-11-6-12-28-21(23)22-17-13-16(25-2)9-10-19(17)26-3/h4-5,7-10,13H,6,11-12,14H2,1-3H3. The van der Waals surface area contributed by atoms with E-state index in [1.807, 2.05) is 37.3 Å².